The molecular formula is C14H19N3O3S2. The van der Waals surface area contributed by atoms with Crippen LogP contribution in [0.5, 0.6) is 0 Å². The van der Waals surface area contributed by atoms with Crippen molar-refractivity contribution in [2.24, 2.45) is 0 Å². The smallest absolute Gasteiger partial charge is 0.226 e. The predicted octanol–water partition coefficient (Wildman–Crippen LogP) is 1.41. The van der Waals surface area contributed by atoms with Crippen LogP contribution in [-0.4, -0.2) is 41.3 Å². The fraction of sp³-hybridized carbons (Fsp3) is 0.571. The van der Waals surface area contributed by atoms with Crippen LogP contribution < -0.4 is 5.32 Å². The third kappa shape index (κ3) is 3.49. The molecule has 0 saturated heterocycles. The largest absolute Gasteiger partial charge is 0.353 e. The zero-order valence-electron chi connectivity index (χ0n) is 12.4. The van der Waals surface area contributed by atoms with E-state index in [1.54, 1.807) is 0 Å². The quantitative estimate of drug-likeness (QED) is 0.912. The lowest BCUT2D eigenvalue weighted by Gasteiger charge is -2.28. The van der Waals surface area contributed by atoms with Crippen LogP contribution in [0.25, 0.3) is 4.96 Å². The second kappa shape index (κ2) is 6.00. The van der Waals surface area contributed by atoms with Crippen molar-refractivity contribution in [2.45, 2.75) is 43.4 Å². The van der Waals surface area contributed by atoms with Gasteiger partial charge in [-0.2, -0.15) is 0 Å². The normalized spacial score (nSPS) is 22.8. The minimum atomic E-state index is -3.03. The number of amides is 1. The molecule has 1 saturated carbocycles. The van der Waals surface area contributed by atoms with Crippen LogP contribution >= 0.6 is 11.3 Å². The zero-order valence-corrected chi connectivity index (χ0v) is 14.0. The standard InChI is InChI=1S/C14H19N3O3S2/c1-22(19,20)12-4-2-3-10(7-12)15-13(18)8-11-9-17-5-6-21-14(17)16-11/h5-6,9-10,12H,2-4,7-8H2,1H3,(H,15,18)/t10-,12+/m1/s1. The van der Waals surface area contributed by atoms with E-state index >= 15 is 0 Å². The number of carbonyl (C=O) groups excluding carboxylic acids is 1. The number of carbonyl (C=O) groups is 1. The van der Waals surface area contributed by atoms with E-state index in [4.69, 9.17) is 0 Å². The molecule has 2 atom stereocenters. The molecule has 8 heteroatoms. The fourth-order valence-electron chi connectivity index (χ4n) is 2.97. The van der Waals surface area contributed by atoms with E-state index in [0.717, 1.165) is 23.5 Å². The fourth-order valence-corrected chi connectivity index (χ4v) is 4.87. The Bertz CT molecular complexity index is 750. The molecule has 6 nitrogen and oxygen atoms in total. The Hall–Kier alpha value is -1.41. The minimum absolute atomic E-state index is 0.0512. The van der Waals surface area contributed by atoms with Gasteiger partial charge >= 0.3 is 0 Å². The van der Waals surface area contributed by atoms with Gasteiger partial charge in [0.1, 0.15) is 9.84 Å². The maximum Gasteiger partial charge on any atom is 0.226 e. The van der Waals surface area contributed by atoms with E-state index in [2.05, 4.69) is 10.3 Å². The Morgan fingerprint density at radius 2 is 2.32 bits per heavy atom. The van der Waals surface area contributed by atoms with Gasteiger partial charge in [-0.1, -0.05) is 6.42 Å². The number of fused-ring (bicyclic) bond motifs is 1. The number of hydrogen-bond acceptors (Lipinski definition) is 5. The van der Waals surface area contributed by atoms with Crippen molar-refractivity contribution in [3.8, 4) is 0 Å². The van der Waals surface area contributed by atoms with Gasteiger partial charge in [0.15, 0.2) is 4.96 Å². The van der Waals surface area contributed by atoms with Crippen molar-refractivity contribution in [1.82, 2.24) is 14.7 Å². The van der Waals surface area contributed by atoms with Crippen molar-refractivity contribution in [2.75, 3.05) is 6.26 Å². The maximum absolute atomic E-state index is 12.1. The minimum Gasteiger partial charge on any atom is -0.353 e. The molecule has 3 rings (SSSR count). The number of nitrogens with one attached hydrogen (secondary N) is 1. The molecule has 1 amide bonds. The summed E-state index contributed by atoms with van der Waals surface area (Å²) >= 11 is 1.53. The molecule has 120 valence electrons. The number of nitrogens with zero attached hydrogens (tertiary/aromatic N) is 2. The van der Waals surface area contributed by atoms with E-state index in [-0.39, 0.29) is 23.6 Å². The number of thiazole rings is 1. The summed E-state index contributed by atoms with van der Waals surface area (Å²) in [5.74, 6) is -0.0927. The van der Waals surface area contributed by atoms with E-state index in [0.29, 0.717) is 12.8 Å². The van der Waals surface area contributed by atoms with E-state index in [1.165, 1.54) is 17.6 Å². The topological polar surface area (TPSA) is 80.5 Å². The van der Waals surface area contributed by atoms with Gasteiger partial charge < -0.3 is 5.32 Å². The average Bonchev–Trinajstić information content (AvgIpc) is 2.98. The molecule has 2 heterocycles. The van der Waals surface area contributed by atoms with Crippen molar-refractivity contribution >= 4 is 32.0 Å². The Morgan fingerprint density at radius 1 is 1.50 bits per heavy atom. The van der Waals surface area contributed by atoms with Gasteiger partial charge in [0.2, 0.25) is 5.91 Å². The Kier molecular flexibility index (Phi) is 4.22. The molecule has 2 aromatic rings. The SMILES string of the molecule is CS(=O)(=O)[C@H]1CCC[C@@H](NC(=O)Cc2cn3ccsc3n2)C1. The Balaban J connectivity index is 1.58. The molecule has 0 spiro atoms. The molecular weight excluding hydrogens is 322 g/mol. The third-order valence-electron chi connectivity index (χ3n) is 4.08. The highest BCUT2D eigenvalue weighted by Crippen LogP contribution is 2.24. The van der Waals surface area contributed by atoms with Gasteiger partial charge in [-0.15, -0.1) is 11.3 Å². The number of imidazole rings is 1. The van der Waals surface area contributed by atoms with E-state index < -0.39 is 9.84 Å². The summed E-state index contributed by atoms with van der Waals surface area (Å²) in [7, 11) is -3.03. The van der Waals surface area contributed by atoms with Crippen LogP contribution in [0, 0.1) is 0 Å². The molecule has 0 bridgehead atoms. The van der Waals surface area contributed by atoms with Gasteiger partial charge in [0.25, 0.3) is 0 Å². The Labute approximate surface area is 133 Å². The summed E-state index contributed by atoms with van der Waals surface area (Å²) in [6, 6.07) is -0.0512. The lowest BCUT2D eigenvalue weighted by Crippen LogP contribution is -2.42. The highest BCUT2D eigenvalue weighted by molar-refractivity contribution is 7.91. The van der Waals surface area contributed by atoms with Gasteiger partial charge in [-0.3, -0.25) is 9.20 Å². The number of sulfone groups is 1. The molecule has 2 aromatic heterocycles. The summed E-state index contributed by atoms with van der Waals surface area (Å²) in [5, 5.41) is 4.57. The summed E-state index contributed by atoms with van der Waals surface area (Å²) in [6.07, 6.45) is 8.16. The molecule has 22 heavy (non-hydrogen) atoms. The van der Waals surface area contributed by atoms with E-state index in [1.807, 2.05) is 22.2 Å². The van der Waals surface area contributed by atoms with E-state index in [9.17, 15) is 13.2 Å². The van der Waals surface area contributed by atoms with Crippen molar-refractivity contribution in [3.05, 3.63) is 23.5 Å². The molecule has 1 aliphatic carbocycles. The van der Waals surface area contributed by atoms with Gasteiger partial charge in [-0.25, -0.2) is 13.4 Å². The Morgan fingerprint density at radius 3 is 3.05 bits per heavy atom. The molecule has 0 aromatic carbocycles. The van der Waals surface area contributed by atoms with Crippen LogP contribution in [0.3, 0.4) is 0 Å². The molecule has 0 aliphatic heterocycles. The van der Waals surface area contributed by atoms with Crippen LogP contribution in [-0.2, 0) is 21.1 Å². The van der Waals surface area contributed by atoms with Crippen LogP contribution in [0.4, 0.5) is 0 Å². The van der Waals surface area contributed by atoms with Crippen LogP contribution in [0.1, 0.15) is 31.4 Å². The van der Waals surface area contributed by atoms with Crippen molar-refractivity contribution in [1.29, 1.82) is 0 Å². The first-order chi connectivity index (χ1) is 10.4. The molecule has 1 aliphatic rings. The molecule has 1 N–H and O–H groups in total. The number of hydrogen-bond donors (Lipinski definition) is 1. The van der Waals surface area contributed by atoms with Crippen LogP contribution in [0.15, 0.2) is 17.8 Å². The molecule has 0 radical (unpaired) electrons. The summed E-state index contributed by atoms with van der Waals surface area (Å²) in [6.45, 7) is 0. The lowest BCUT2D eigenvalue weighted by atomic mass is 9.95. The zero-order chi connectivity index (χ0) is 15.7. The average molecular weight is 341 g/mol. The summed E-state index contributed by atoms with van der Waals surface area (Å²) < 4.78 is 25.2. The predicted molar refractivity (Wildman–Crippen MR) is 85.8 cm³/mol. The first-order valence-corrected chi connectivity index (χ1v) is 10.1. The van der Waals surface area contributed by atoms with Gasteiger partial charge in [0, 0.05) is 30.1 Å². The summed E-state index contributed by atoms with van der Waals surface area (Å²) in [4.78, 5) is 17.4. The highest BCUT2D eigenvalue weighted by Gasteiger charge is 2.29. The van der Waals surface area contributed by atoms with Crippen molar-refractivity contribution in [3.63, 3.8) is 0 Å². The third-order valence-corrected chi connectivity index (χ3v) is 6.49. The number of aromatic nitrogens is 2. The van der Waals surface area contributed by atoms with Gasteiger partial charge in [-0.05, 0) is 19.3 Å². The second-order valence-corrected chi connectivity index (χ2v) is 9.08. The first-order valence-electron chi connectivity index (χ1n) is 7.31. The van der Waals surface area contributed by atoms with Crippen molar-refractivity contribution < 1.29 is 13.2 Å². The maximum atomic E-state index is 12.1. The second-order valence-electron chi connectivity index (χ2n) is 5.88. The molecule has 0 unspecified atom stereocenters. The number of rotatable bonds is 4. The lowest BCUT2D eigenvalue weighted by molar-refractivity contribution is -0.121. The summed E-state index contributed by atoms with van der Waals surface area (Å²) in [5.41, 5.74) is 0.736. The molecule has 1 fully saturated rings. The van der Waals surface area contributed by atoms with Gasteiger partial charge in [0.05, 0.1) is 17.4 Å². The highest BCUT2D eigenvalue weighted by atomic mass is 32.2. The van der Waals surface area contributed by atoms with Crippen LogP contribution in [0.2, 0.25) is 0 Å². The first kappa shape index (κ1) is 15.5. The monoisotopic (exact) mass is 341 g/mol.